The third-order valence-corrected chi connectivity index (χ3v) is 3.79. The van der Waals surface area contributed by atoms with Crippen molar-refractivity contribution in [2.24, 2.45) is 5.10 Å². The number of aromatic nitrogens is 1. The Balaban J connectivity index is 1.72. The average molecular weight is 343 g/mol. The van der Waals surface area contributed by atoms with Gasteiger partial charge >= 0.3 is 0 Å². The summed E-state index contributed by atoms with van der Waals surface area (Å²) in [6, 6.07) is 10.4. The number of benzene rings is 1. The molecule has 2 heterocycles. The molecule has 1 aromatic heterocycles. The molecule has 0 aliphatic carbocycles. The lowest BCUT2D eigenvalue weighted by Crippen LogP contribution is -2.38. The Morgan fingerprint density at radius 2 is 2.00 bits per heavy atom. The number of pyridine rings is 1. The number of hydrogen-bond acceptors (Lipinski definition) is 4. The van der Waals surface area contributed by atoms with Gasteiger partial charge in [0.15, 0.2) is 0 Å². The second-order valence-corrected chi connectivity index (χ2v) is 5.71. The zero-order valence-electron chi connectivity index (χ0n) is 12.8. The number of carbonyl (C=O) groups excluding carboxylic acids is 2. The zero-order valence-corrected chi connectivity index (χ0v) is 13.5. The molecule has 1 aliphatic heterocycles. The minimum atomic E-state index is -0.287. The quantitative estimate of drug-likeness (QED) is 0.927. The molecule has 0 bridgehead atoms. The van der Waals surface area contributed by atoms with Crippen molar-refractivity contribution in [3.05, 3.63) is 59.4 Å². The summed E-state index contributed by atoms with van der Waals surface area (Å²) in [6.45, 7) is 0.362. The standard InChI is InChI=1S/C17H15ClN4O2/c18-13-3-5-14(6-4-13)22-16(23)8-7-15(21-22)17(24)20-11-12-2-1-9-19-10-12/h1-6,9-10H,7-8,11H2,(H,20,24). The summed E-state index contributed by atoms with van der Waals surface area (Å²) in [4.78, 5) is 28.4. The number of amides is 2. The van der Waals surface area contributed by atoms with Crippen LogP contribution < -0.4 is 10.3 Å². The third kappa shape index (κ3) is 3.78. The molecule has 0 radical (unpaired) electrons. The van der Waals surface area contributed by atoms with Gasteiger partial charge < -0.3 is 5.32 Å². The lowest BCUT2D eigenvalue weighted by molar-refractivity contribution is -0.119. The Hall–Kier alpha value is -2.73. The van der Waals surface area contributed by atoms with Crippen LogP contribution in [0.1, 0.15) is 18.4 Å². The summed E-state index contributed by atoms with van der Waals surface area (Å²) >= 11 is 5.86. The molecular weight excluding hydrogens is 328 g/mol. The molecule has 0 saturated carbocycles. The van der Waals surface area contributed by atoms with Gasteiger partial charge in [-0.2, -0.15) is 5.10 Å². The van der Waals surface area contributed by atoms with Crippen molar-refractivity contribution in [3.63, 3.8) is 0 Å². The highest BCUT2D eigenvalue weighted by molar-refractivity contribution is 6.40. The fraction of sp³-hybridized carbons (Fsp3) is 0.176. The molecule has 6 nitrogen and oxygen atoms in total. The molecule has 0 saturated heterocycles. The number of nitrogens with zero attached hydrogens (tertiary/aromatic N) is 3. The summed E-state index contributed by atoms with van der Waals surface area (Å²) in [6.07, 6.45) is 3.92. The summed E-state index contributed by atoms with van der Waals surface area (Å²) in [5, 5.41) is 8.82. The van der Waals surface area contributed by atoms with Gasteiger partial charge in [0.25, 0.3) is 5.91 Å². The Morgan fingerprint density at radius 3 is 2.71 bits per heavy atom. The van der Waals surface area contributed by atoms with Crippen LogP contribution in [0.3, 0.4) is 0 Å². The first-order valence-electron chi connectivity index (χ1n) is 7.46. The van der Waals surface area contributed by atoms with E-state index in [0.29, 0.717) is 29.4 Å². The van der Waals surface area contributed by atoms with E-state index in [9.17, 15) is 9.59 Å². The first-order chi connectivity index (χ1) is 11.6. The number of anilines is 1. The van der Waals surface area contributed by atoms with Crippen LogP contribution in [0.25, 0.3) is 0 Å². The van der Waals surface area contributed by atoms with Gasteiger partial charge in [0.2, 0.25) is 5.91 Å². The molecule has 0 fully saturated rings. The molecule has 122 valence electrons. The highest BCUT2D eigenvalue weighted by Gasteiger charge is 2.25. The van der Waals surface area contributed by atoms with Gasteiger partial charge in [-0.1, -0.05) is 17.7 Å². The molecule has 0 unspecified atom stereocenters. The normalized spacial score (nSPS) is 14.3. The number of hydrazone groups is 1. The number of nitrogens with one attached hydrogen (secondary N) is 1. The first-order valence-corrected chi connectivity index (χ1v) is 7.84. The monoisotopic (exact) mass is 342 g/mol. The summed E-state index contributed by atoms with van der Waals surface area (Å²) in [5.74, 6) is -0.438. The van der Waals surface area contributed by atoms with Crippen LogP contribution in [0.15, 0.2) is 53.9 Å². The molecule has 1 aromatic carbocycles. The number of carbonyl (C=O) groups is 2. The van der Waals surface area contributed by atoms with E-state index in [2.05, 4.69) is 15.4 Å². The van der Waals surface area contributed by atoms with Crippen molar-refractivity contribution in [2.75, 3.05) is 5.01 Å². The fourth-order valence-corrected chi connectivity index (χ4v) is 2.41. The Kier molecular flexibility index (Phi) is 4.86. The fourth-order valence-electron chi connectivity index (χ4n) is 2.29. The van der Waals surface area contributed by atoms with Gasteiger partial charge in [0.1, 0.15) is 5.71 Å². The summed E-state index contributed by atoms with van der Waals surface area (Å²) in [7, 11) is 0. The lowest BCUT2D eigenvalue weighted by atomic mass is 10.1. The van der Waals surface area contributed by atoms with Crippen LogP contribution in [0.5, 0.6) is 0 Å². The molecule has 2 amide bonds. The Labute approximate surface area is 144 Å². The zero-order chi connectivity index (χ0) is 16.9. The van der Waals surface area contributed by atoms with Gasteiger partial charge in [0.05, 0.1) is 5.69 Å². The van der Waals surface area contributed by atoms with E-state index in [1.807, 2.05) is 6.07 Å². The van der Waals surface area contributed by atoms with E-state index < -0.39 is 0 Å². The van der Waals surface area contributed by atoms with Crippen molar-refractivity contribution in [2.45, 2.75) is 19.4 Å². The minimum Gasteiger partial charge on any atom is -0.347 e. The SMILES string of the molecule is O=C(NCc1cccnc1)C1=NN(c2ccc(Cl)cc2)C(=O)CC1. The van der Waals surface area contributed by atoms with E-state index in [0.717, 1.165) is 5.56 Å². The highest BCUT2D eigenvalue weighted by Crippen LogP contribution is 2.22. The molecule has 2 aromatic rings. The summed E-state index contributed by atoms with van der Waals surface area (Å²) in [5.41, 5.74) is 1.81. The maximum Gasteiger partial charge on any atom is 0.267 e. The number of rotatable bonds is 4. The Bertz CT molecular complexity index is 775. The second-order valence-electron chi connectivity index (χ2n) is 5.27. The van der Waals surface area contributed by atoms with Crippen LogP contribution in [-0.2, 0) is 16.1 Å². The predicted molar refractivity (Wildman–Crippen MR) is 91.7 cm³/mol. The summed E-state index contributed by atoms with van der Waals surface area (Å²) < 4.78 is 0. The Morgan fingerprint density at radius 1 is 1.21 bits per heavy atom. The average Bonchev–Trinajstić information content (AvgIpc) is 2.62. The molecule has 24 heavy (non-hydrogen) atoms. The topological polar surface area (TPSA) is 74.7 Å². The number of hydrogen-bond donors (Lipinski definition) is 1. The molecule has 7 heteroatoms. The predicted octanol–water partition coefficient (Wildman–Crippen LogP) is 2.53. The van der Waals surface area contributed by atoms with Crippen molar-refractivity contribution in [1.82, 2.24) is 10.3 Å². The van der Waals surface area contributed by atoms with Gasteiger partial charge in [0, 0.05) is 36.8 Å². The number of halogens is 1. The van der Waals surface area contributed by atoms with E-state index in [4.69, 9.17) is 11.6 Å². The first kappa shape index (κ1) is 16.1. The van der Waals surface area contributed by atoms with E-state index >= 15 is 0 Å². The molecule has 1 N–H and O–H groups in total. The molecule has 1 aliphatic rings. The largest absolute Gasteiger partial charge is 0.347 e. The van der Waals surface area contributed by atoms with Gasteiger partial charge in [-0.15, -0.1) is 0 Å². The van der Waals surface area contributed by atoms with Crippen molar-refractivity contribution in [1.29, 1.82) is 0 Å². The minimum absolute atomic E-state index is 0.152. The van der Waals surface area contributed by atoms with Crippen LogP contribution in [0, 0.1) is 0 Å². The van der Waals surface area contributed by atoms with Crippen LogP contribution in [0.4, 0.5) is 5.69 Å². The van der Waals surface area contributed by atoms with Gasteiger partial charge in [-0.05, 0) is 35.9 Å². The van der Waals surface area contributed by atoms with Crippen molar-refractivity contribution >= 4 is 34.8 Å². The van der Waals surface area contributed by atoms with Crippen LogP contribution in [-0.4, -0.2) is 22.5 Å². The van der Waals surface area contributed by atoms with Gasteiger partial charge in [-0.25, -0.2) is 5.01 Å². The van der Waals surface area contributed by atoms with Crippen molar-refractivity contribution in [3.8, 4) is 0 Å². The second kappa shape index (κ2) is 7.23. The molecule has 0 spiro atoms. The van der Waals surface area contributed by atoms with Crippen LogP contribution in [0.2, 0.25) is 5.02 Å². The van der Waals surface area contributed by atoms with E-state index in [1.165, 1.54) is 5.01 Å². The highest BCUT2D eigenvalue weighted by atomic mass is 35.5. The van der Waals surface area contributed by atoms with E-state index in [1.54, 1.807) is 42.7 Å². The molecule has 3 rings (SSSR count). The van der Waals surface area contributed by atoms with Crippen molar-refractivity contribution < 1.29 is 9.59 Å². The molecule has 0 atom stereocenters. The lowest BCUT2D eigenvalue weighted by Gasteiger charge is -2.23. The molecular formula is C17H15ClN4O2. The smallest absolute Gasteiger partial charge is 0.267 e. The third-order valence-electron chi connectivity index (χ3n) is 3.54. The van der Waals surface area contributed by atoms with E-state index in [-0.39, 0.29) is 18.2 Å². The maximum atomic E-state index is 12.3. The van der Waals surface area contributed by atoms with Gasteiger partial charge in [-0.3, -0.25) is 14.6 Å². The maximum absolute atomic E-state index is 12.3. The van der Waals surface area contributed by atoms with Crippen LogP contribution >= 0.6 is 11.6 Å².